The number of likely N-dealkylation sites (tertiary alicyclic amines) is 1. The highest BCUT2D eigenvalue weighted by Crippen LogP contribution is 2.29. The first kappa shape index (κ1) is 23.2. The molecule has 1 aliphatic rings. The van der Waals surface area contributed by atoms with Crippen molar-refractivity contribution in [1.82, 2.24) is 10.2 Å². The molecule has 7 nitrogen and oxygen atoms in total. The number of rotatable bonds is 8. The molecule has 1 unspecified atom stereocenters. The summed E-state index contributed by atoms with van der Waals surface area (Å²) in [4.78, 5) is 14.9. The molecule has 1 amide bonds. The van der Waals surface area contributed by atoms with Crippen LogP contribution in [0.5, 0.6) is 11.5 Å². The predicted molar refractivity (Wildman–Crippen MR) is 122 cm³/mol. The van der Waals surface area contributed by atoms with E-state index in [1.807, 2.05) is 24.3 Å². The number of ether oxygens (including phenoxy) is 2. The van der Waals surface area contributed by atoms with Crippen LogP contribution < -0.4 is 20.5 Å². The van der Waals surface area contributed by atoms with Gasteiger partial charge in [-0.1, -0.05) is 29.8 Å². The van der Waals surface area contributed by atoms with E-state index in [-0.39, 0.29) is 5.91 Å². The molecule has 0 radical (unpaired) electrons. The number of para-hydroxylation sites is 1. The molecular weight excluding hydrogens is 418 g/mol. The van der Waals surface area contributed by atoms with Gasteiger partial charge in [0.15, 0.2) is 0 Å². The molecule has 2 aromatic carbocycles. The number of nitrogens with one attached hydrogen (secondary N) is 1. The summed E-state index contributed by atoms with van der Waals surface area (Å²) in [6, 6.07) is 10.6. The fourth-order valence-electron chi connectivity index (χ4n) is 3.91. The van der Waals surface area contributed by atoms with Crippen molar-refractivity contribution in [2.24, 2.45) is 5.92 Å². The second-order valence-electron chi connectivity index (χ2n) is 7.79. The van der Waals surface area contributed by atoms with Crippen molar-refractivity contribution in [3.8, 4) is 11.5 Å². The smallest absolute Gasteiger partial charge is 0.255 e. The van der Waals surface area contributed by atoms with Crippen LogP contribution in [-0.2, 0) is 0 Å². The second kappa shape index (κ2) is 10.7. The lowest BCUT2D eigenvalue weighted by Crippen LogP contribution is -2.40. The number of hydrogen-bond donors (Lipinski definition) is 3. The molecule has 0 aromatic heterocycles. The fraction of sp³-hybridized carbons (Fsp3) is 0.435. The largest absolute Gasteiger partial charge is 0.496 e. The number of β-amino-alcohol motifs (C(OH)–C–C–N with tert-alkyl or cyclic N) is 1. The standard InChI is InChI=1S/C23H30ClN3O4/c1-30-21-6-4-3-5-16(21)20(28)14-27-9-7-15(8-10-27)13-26-23(29)17-11-18(24)19(25)12-22(17)31-2/h3-6,11-12,15,20,28H,7-10,13-14,25H2,1-2H3,(H,26,29). The molecule has 0 bridgehead atoms. The van der Waals surface area contributed by atoms with Crippen LogP contribution in [-0.4, -0.2) is 56.3 Å². The first-order chi connectivity index (χ1) is 14.9. The summed E-state index contributed by atoms with van der Waals surface area (Å²) in [5.41, 5.74) is 7.33. The van der Waals surface area contributed by atoms with Crippen LogP contribution in [0, 0.1) is 5.92 Å². The number of carbonyl (C=O) groups excluding carboxylic acids is 1. The predicted octanol–water partition coefficient (Wildman–Crippen LogP) is 3.11. The zero-order valence-electron chi connectivity index (χ0n) is 17.9. The molecule has 0 spiro atoms. The highest BCUT2D eigenvalue weighted by Gasteiger charge is 2.24. The van der Waals surface area contributed by atoms with E-state index < -0.39 is 6.10 Å². The molecule has 1 aliphatic heterocycles. The molecule has 0 aliphatic carbocycles. The molecule has 3 rings (SSSR count). The lowest BCUT2D eigenvalue weighted by atomic mass is 9.96. The van der Waals surface area contributed by atoms with Gasteiger partial charge in [-0.05, 0) is 44.0 Å². The fourth-order valence-corrected chi connectivity index (χ4v) is 4.07. The highest BCUT2D eigenvalue weighted by molar-refractivity contribution is 6.33. The molecule has 1 heterocycles. The van der Waals surface area contributed by atoms with Crippen molar-refractivity contribution >= 4 is 23.2 Å². The molecule has 168 valence electrons. The van der Waals surface area contributed by atoms with Gasteiger partial charge in [-0.25, -0.2) is 0 Å². The van der Waals surface area contributed by atoms with Crippen LogP contribution in [0.2, 0.25) is 5.02 Å². The molecule has 4 N–H and O–H groups in total. The van der Waals surface area contributed by atoms with E-state index in [1.165, 1.54) is 13.2 Å². The zero-order valence-corrected chi connectivity index (χ0v) is 18.7. The van der Waals surface area contributed by atoms with Crippen LogP contribution in [0.25, 0.3) is 0 Å². The summed E-state index contributed by atoms with van der Waals surface area (Å²) >= 11 is 6.06. The molecule has 2 aromatic rings. The van der Waals surface area contributed by atoms with Gasteiger partial charge in [0, 0.05) is 24.7 Å². The van der Waals surface area contributed by atoms with Crippen LogP contribution >= 0.6 is 11.6 Å². The van der Waals surface area contributed by atoms with E-state index in [0.717, 1.165) is 31.5 Å². The van der Waals surface area contributed by atoms with E-state index >= 15 is 0 Å². The van der Waals surface area contributed by atoms with Crippen molar-refractivity contribution in [1.29, 1.82) is 0 Å². The number of carbonyl (C=O) groups is 1. The number of nitrogens with two attached hydrogens (primary N) is 1. The van der Waals surface area contributed by atoms with Gasteiger partial charge in [-0.3, -0.25) is 4.79 Å². The van der Waals surface area contributed by atoms with Gasteiger partial charge in [-0.2, -0.15) is 0 Å². The number of hydrogen-bond acceptors (Lipinski definition) is 6. The number of amides is 1. The maximum absolute atomic E-state index is 12.6. The van der Waals surface area contributed by atoms with Gasteiger partial charge in [0.25, 0.3) is 5.91 Å². The first-order valence-corrected chi connectivity index (χ1v) is 10.7. The van der Waals surface area contributed by atoms with Crippen molar-refractivity contribution in [3.63, 3.8) is 0 Å². The Balaban J connectivity index is 1.48. The van der Waals surface area contributed by atoms with Crippen molar-refractivity contribution in [2.75, 3.05) is 46.1 Å². The van der Waals surface area contributed by atoms with Crippen molar-refractivity contribution < 1.29 is 19.4 Å². The Labute approximate surface area is 188 Å². The Morgan fingerprint density at radius 1 is 1.23 bits per heavy atom. The lowest BCUT2D eigenvalue weighted by Gasteiger charge is -2.33. The summed E-state index contributed by atoms with van der Waals surface area (Å²) in [5.74, 6) is 1.25. The van der Waals surface area contributed by atoms with E-state index in [9.17, 15) is 9.90 Å². The molecular formula is C23H30ClN3O4. The maximum Gasteiger partial charge on any atom is 0.255 e. The Kier molecular flexibility index (Phi) is 8.01. The van der Waals surface area contributed by atoms with Crippen LogP contribution in [0.4, 0.5) is 5.69 Å². The van der Waals surface area contributed by atoms with Gasteiger partial charge >= 0.3 is 0 Å². The van der Waals surface area contributed by atoms with Gasteiger partial charge < -0.3 is 30.5 Å². The normalized spacial score (nSPS) is 16.0. The van der Waals surface area contributed by atoms with Crippen molar-refractivity contribution in [2.45, 2.75) is 18.9 Å². The maximum atomic E-state index is 12.6. The molecule has 1 fully saturated rings. The van der Waals surface area contributed by atoms with E-state index in [1.54, 1.807) is 13.2 Å². The lowest BCUT2D eigenvalue weighted by molar-refractivity contribution is 0.0840. The Hall–Kier alpha value is -2.48. The summed E-state index contributed by atoms with van der Waals surface area (Å²) in [7, 11) is 3.11. The van der Waals surface area contributed by atoms with Gasteiger partial charge in [0.05, 0.1) is 36.6 Å². The minimum atomic E-state index is -0.602. The molecule has 1 atom stereocenters. The Morgan fingerprint density at radius 2 is 1.90 bits per heavy atom. The quantitative estimate of drug-likeness (QED) is 0.538. The third-order valence-corrected chi connectivity index (χ3v) is 6.08. The Bertz CT molecular complexity index is 900. The number of benzene rings is 2. The van der Waals surface area contributed by atoms with Crippen LogP contribution in [0.1, 0.15) is 34.9 Å². The highest BCUT2D eigenvalue weighted by atomic mass is 35.5. The summed E-state index contributed by atoms with van der Waals surface area (Å²) in [5, 5.41) is 13.9. The van der Waals surface area contributed by atoms with Gasteiger partial charge in [-0.15, -0.1) is 0 Å². The average Bonchev–Trinajstić information content (AvgIpc) is 2.79. The monoisotopic (exact) mass is 447 g/mol. The number of nitrogen functional groups attached to an aromatic ring is 1. The SMILES string of the molecule is COc1cc(N)c(Cl)cc1C(=O)NCC1CCN(CC(O)c2ccccc2OC)CC1. The molecule has 0 saturated carbocycles. The van der Waals surface area contributed by atoms with Gasteiger partial charge in [0.1, 0.15) is 11.5 Å². The molecule has 1 saturated heterocycles. The number of halogens is 1. The minimum absolute atomic E-state index is 0.229. The summed E-state index contributed by atoms with van der Waals surface area (Å²) in [6.45, 7) is 2.86. The first-order valence-electron chi connectivity index (χ1n) is 10.4. The van der Waals surface area contributed by atoms with E-state index in [4.69, 9.17) is 26.8 Å². The zero-order chi connectivity index (χ0) is 22.4. The summed E-state index contributed by atoms with van der Waals surface area (Å²) < 4.78 is 10.6. The van der Waals surface area contributed by atoms with Gasteiger partial charge in [0.2, 0.25) is 0 Å². The summed E-state index contributed by atoms with van der Waals surface area (Å²) in [6.07, 6.45) is 1.28. The molecule has 31 heavy (non-hydrogen) atoms. The third-order valence-electron chi connectivity index (χ3n) is 5.75. The number of aliphatic hydroxyl groups excluding tert-OH is 1. The number of piperidine rings is 1. The van der Waals surface area contributed by atoms with Crippen LogP contribution in [0.15, 0.2) is 36.4 Å². The number of anilines is 1. The van der Waals surface area contributed by atoms with Crippen molar-refractivity contribution in [3.05, 3.63) is 52.5 Å². The number of methoxy groups -OCH3 is 2. The van der Waals surface area contributed by atoms with E-state index in [2.05, 4.69) is 10.2 Å². The van der Waals surface area contributed by atoms with Crippen LogP contribution in [0.3, 0.4) is 0 Å². The number of nitrogens with zero attached hydrogens (tertiary/aromatic N) is 1. The average molecular weight is 448 g/mol. The van der Waals surface area contributed by atoms with E-state index in [0.29, 0.717) is 46.8 Å². The molecule has 8 heteroatoms. The number of aliphatic hydroxyl groups is 1. The second-order valence-corrected chi connectivity index (χ2v) is 8.19. The topological polar surface area (TPSA) is 97.0 Å². The Morgan fingerprint density at radius 3 is 2.58 bits per heavy atom. The minimum Gasteiger partial charge on any atom is -0.496 e. The third kappa shape index (κ3) is 5.81.